The summed E-state index contributed by atoms with van der Waals surface area (Å²) >= 11 is 1.03. The smallest absolute Gasteiger partial charge is 0.426 e. The maximum atomic E-state index is 15.0. The van der Waals surface area contributed by atoms with Crippen molar-refractivity contribution in [3.63, 3.8) is 0 Å². The highest BCUT2D eigenvalue weighted by molar-refractivity contribution is 8.76. The standard InChI is InChI=1S/C78H116N14O24S3/c1-11-17-66(102)115-43-92(74(108)67(45(5)12-2)88-72(107)59-19-14-16-31-91(59)10)60(44(3)4)39-61(116-49(9)93)73-86-58(42-117-73)71(106)83-53(35-50-24-26-54(94)27-25-50)34-46(6)68(103)89-90-78(113)114-32-33-118-119-41-48(8)81-69(104)57(38-65(100)101)85-70(105)56(37-64(98)99)84-62(95)36-51-20-22-52(23-21-51)40-80-76(111)79-30-15-13-18-47(7)82-77(112)87-55(75(109)110)28-29-63(96)97/h20-27,42,44-48,53,55-57,59-61,67,94H,11-19,28-41,43H2,1-10H3,(H,81,104)(H,83,106)(H,84,95)(H,85,105)(H,88,107)(H,89,103)(H,90,113)(H,96,97)(H,98,99)(H,100,101)(H,109,110)(H2,79,80,111)(H2,82,87,112)/t45?,46-,47+,48+,53+,55-,56+,57+,59+,60+,61+,67-/m0/s1. The lowest BCUT2D eigenvalue weighted by Crippen LogP contribution is -2.59. The van der Waals surface area contributed by atoms with E-state index in [1.807, 2.05) is 46.6 Å². The average molecular weight is 1730 g/mol. The van der Waals surface area contributed by atoms with Crippen LogP contribution >= 0.6 is 32.9 Å². The van der Waals surface area contributed by atoms with Gasteiger partial charge in [0, 0.05) is 86.2 Å². The molecular weight excluding hydrogens is 1610 g/mol. The molecular formula is C78H116N14O24S3. The molecule has 38 nitrogen and oxygen atoms in total. The number of urea groups is 2. The number of carbonyl (C=O) groups is 16. The predicted octanol–water partition coefficient (Wildman–Crippen LogP) is 5.16. The van der Waals surface area contributed by atoms with Crippen molar-refractivity contribution in [2.24, 2.45) is 17.8 Å². The number of phenolic OH excluding ortho intramolecular Hbond substituents is 1. The lowest BCUT2D eigenvalue weighted by Gasteiger charge is -2.39. The van der Waals surface area contributed by atoms with Crippen molar-refractivity contribution >= 4 is 128 Å². The van der Waals surface area contributed by atoms with E-state index in [1.165, 1.54) is 50.9 Å². The maximum absolute atomic E-state index is 15.0. The molecule has 2 heterocycles. The summed E-state index contributed by atoms with van der Waals surface area (Å²) in [5.74, 6) is -12.9. The van der Waals surface area contributed by atoms with Gasteiger partial charge in [0.1, 0.15) is 47.2 Å². The number of hydrazine groups is 1. The predicted molar refractivity (Wildman–Crippen MR) is 438 cm³/mol. The van der Waals surface area contributed by atoms with Gasteiger partial charge in [-0.2, -0.15) is 0 Å². The molecule has 1 unspecified atom stereocenters. The number of piperidine rings is 1. The lowest BCUT2D eigenvalue weighted by molar-refractivity contribution is -0.160. The first kappa shape index (κ1) is 101. The minimum atomic E-state index is -1.74. The number of aromatic nitrogens is 1. The number of carboxylic acid groups (broad SMARTS) is 4. The molecule has 2 aromatic carbocycles. The summed E-state index contributed by atoms with van der Waals surface area (Å²) in [6, 6.07) is 2.53. The number of phenols is 1. The monoisotopic (exact) mass is 1730 g/mol. The number of hydrogen-bond donors (Lipinski definition) is 16. The zero-order valence-corrected chi connectivity index (χ0v) is 71.2. The number of esters is 2. The molecule has 1 saturated heterocycles. The van der Waals surface area contributed by atoms with Crippen LogP contribution in [0.5, 0.6) is 5.75 Å². The largest absolute Gasteiger partial charge is 0.508 e. The Labute approximate surface area is 702 Å². The Morgan fingerprint density at radius 3 is 1.94 bits per heavy atom. The number of hydrogen-bond acceptors (Lipinski definition) is 25. The number of benzene rings is 2. The summed E-state index contributed by atoms with van der Waals surface area (Å²) in [7, 11) is 4.33. The number of likely N-dealkylation sites (tertiary alicyclic amines) is 1. The first-order chi connectivity index (χ1) is 56.4. The molecule has 0 bridgehead atoms. The lowest BCUT2D eigenvalue weighted by atomic mass is 9.92. The van der Waals surface area contributed by atoms with E-state index in [0.717, 1.165) is 30.7 Å². The quantitative estimate of drug-likeness (QED) is 0.00866. The number of aromatic hydroxyl groups is 1. The van der Waals surface area contributed by atoms with E-state index in [0.29, 0.717) is 55.2 Å². The molecule has 0 saturated carbocycles. The van der Waals surface area contributed by atoms with E-state index in [-0.39, 0.29) is 110 Å². The third-order valence-corrected chi connectivity index (χ3v) is 22.6. The van der Waals surface area contributed by atoms with Crippen molar-refractivity contribution in [3.8, 4) is 5.75 Å². The number of carbonyl (C=O) groups excluding carboxylic acids is 12. The van der Waals surface area contributed by atoms with Crippen LogP contribution in [0.2, 0.25) is 0 Å². The molecule has 119 heavy (non-hydrogen) atoms. The zero-order chi connectivity index (χ0) is 88.4. The molecule has 16 N–H and O–H groups in total. The van der Waals surface area contributed by atoms with Crippen molar-refractivity contribution < 1.29 is 116 Å². The third kappa shape index (κ3) is 38.8. The summed E-state index contributed by atoms with van der Waals surface area (Å²) in [6.07, 6.45) is 0.196. The molecule has 1 fully saturated rings. The molecule has 12 atom stereocenters. The highest BCUT2D eigenvalue weighted by atomic mass is 33.1. The second-order valence-corrected chi connectivity index (χ2v) is 33.1. The summed E-state index contributed by atoms with van der Waals surface area (Å²) in [4.78, 5) is 214. The molecule has 1 aliphatic heterocycles. The summed E-state index contributed by atoms with van der Waals surface area (Å²) in [5, 5.41) is 72.5. The second-order valence-electron chi connectivity index (χ2n) is 29.5. The summed E-state index contributed by atoms with van der Waals surface area (Å²) in [5.41, 5.74) is 6.21. The van der Waals surface area contributed by atoms with Gasteiger partial charge < -0.3 is 92.5 Å². The number of rotatable bonds is 52. The number of ether oxygens (including phenoxy) is 3. The van der Waals surface area contributed by atoms with E-state index in [2.05, 4.69) is 63.7 Å². The SMILES string of the molecule is CCCC(=O)OCN(C(=O)[C@@H](NC(=O)[C@H]1CCCCN1C)C(C)CC)[C@H](C[C@@H](OC(C)=O)c1nc(C(=O)N[C@@H](Cc2ccc(O)cc2)C[C@H](C)C(=O)NNC(=O)OCCSSC[C@@H](C)NC(=O)[C@@H](CC(=O)O)NC(=O)[C@@H](CC(=O)O)NC(=O)Cc2ccc(CNC(=O)NCCCC[C@@H](C)NC(=O)N[C@@H](CCC(=O)O)C(=O)O)cc2)cs1)C(C)C. The highest BCUT2D eigenvalue weighted by Gasteiger charge is 2.40. The number of nitrogens with zero attached hydrogens (tertiary/aromatic N) is 3. The van der Waals surface area contributed by atoms with Crippen molar-refractivity contribution in [3.05, 3.63) is 81.3 Å². The Bertz CT molecular complexity index is 3880. The minimum absolute atomic E-state index is 0.00698. The Balaban J connectivity index is 1.26. The van der Waals surface area contributed by atoms with E-state index >= 15 is 4.79 Å². The Kier molecular flexibility index (Phi) is 45.0. The fraction of sp³-hybridized carbons (Fsp3) is 0.603. The number of carboxylic acids is 4. The van der Waals surface area contributed by atoms with Crippen LogP contribution in [0.15, 0.2) is 53.9 Å². The summed E-state index contributed by atoms with van der Waals surface area (Å²) < 4.78 is 16.8. The van der Waals surface area contributed by atoms with Crippen LogP contribution < -0.4 is 58.7 Å². The Morgan fingerprint density at radius 2 is 1.32 bits per heavy atom. The Hall–Kier alpha value is -10.6. The van der Waals surface area contributed by atoms with Gasteiger partial charge in [0.2, 0.25) is 35.4 Å². The van der Waals surface area contributed by atoms with E-state index in [1.54, 1.807) is 57.2 Å². The first-order valence-corrected chi connectivity index (χ1v) is 42.8. The van der Waals surface area contributed by atoms with Crippen molar-refractivity contribution in [2.75, 3.05) is 45.0 Å². The third-order valence-electron chi connectivity index (χ3n) is 19.1. The normalized spacial score (nSPS) is 15.4. The number of likely N-dealkylation sites (N-methyl/N-ethyl adjacent to an activating group) is 1. The van der Waals surface area contributed by atoms with Crippen LogP contribution in [0.3, 0.4) is 0 Å². The van der Waals surface area contributed by atoms with Gasteiger partial charge in [-0.3, -0.25) is 67.9 Å². The zero-order valence-electron chi connectivity index (χ0n) is 68.7. The molecule has 0 aliphatic carbocycles. The van der Waals surface area contributed by atoms with Crippen LogP contribution in [0, 0.1) is 17.8 Å². The van der Waals surface area contributed by atoms with Gasteiger partial charge in [-0.05, 0) is 126 Å². The molecule has 660 valence electrons. The molecule has 0 spiro atoms. The van der Waals surface area contributed by atoms with E-state index in [4.69, 9.17) is 19.3 Å². The topological polar surface area (TPSA) is 554 Å². The minimum Gasteiger partial charge on any atom is -0.508 e. The van der Waals surface area contributed by atoms with Crippen molar-refractivity contribution in [1.29, 1.82) is 0 Å². The van der Waals surface area contributed by atoms with Gasteiger partial charge >= 0.3 is 54.0 Å². The van der Waals surface area contributed by atoms with Crippen LogP contribution in [0.25, 0.3) is 0 Å². The maximum Gasteiger partial charge on any atom is 0.426 e. The molecule has 12 amide bonds. The van der Waals surface area contributed by atoms with Crippen LogP contribution in [0.4, 0.5) is 14.4 Å². The molecule has 0 radical (unpaired) electrons. The van der Waals surface area contributed by atoms with Crippen LogP contribution in [-0.4, -0.2) is 235 Å². The molecule has 4 rings (SSSR count). The Morgan fingerprint density at radius 1 is 0.664 bits per heavy atom. The van der Waals surface area contributed by atoms with Crippen LogP contribution in [-0.2, 0) is 91.1 Å². The van der Waals surface area contributed by atoms with E-state index < -0.39 is 176 Å². The van der Waals surface area contributed by atoms with Gasteiger partial charge in [0.25, 0.3) is 5.91 Å². The fourth-order valence-electron chi connectivity index (χ4n) is 12.4. The number of unbranched alkanes of at least 4 members (excludes halogenated alkanes) is 1. The van der Waals surface area contributed by atoms with Crippen molar-refractivity contribution in [1.82, 2.24) is 73.5 Å². The number of nitrogens with one attached hydrogen (secondary N) is 11. The van der Waals surface area contributed by atoms with Crippen molar-refractivity contribution in [2.45, 2.75) is 238 Å². The fourth-order valence-corrected chi connectivity index (χ4v) is 15.4. The summed E-state index contributed by atoms with van der Waals surface area (Å²) in [6.45, 7) is 15.8. The second kappa shape index (κ2) is 53.1. The molecule has 3 aromatic rings. The van der Waals surface area contributed by atoms with E-state index in [9.17, 15) is 92.3 Å². The highest BCUT2D eigenvalue weighted by Crippen LogP contribution is 2.33. The molecule has 1 aliphatic rings. The average Bonchev–Trinajstić information content (AvgIpc) is 1.75. The number of amides is 12. The van der Waals surface area contributed by atoms with Gasteiger partial charge in [0.15, 0.2) is 12.8 Å². The molecule has 41 heteroatoms. The number of thiazole rings is 1. The van der Waals surface area contributed by atoms with Crippen LogP contribution in [0.1, 0.15) is 197 Å². The van der Waals surface area contributed by atoms with Gasteiger partial charge in [-0.1, -0.05) is 112 Å². The number of aliphatic carboxylic acids is 4. The van der Waals surface area contributed by atoms with Gasteiger partial charge in [-0.15, -0.1) is 11.3 Å². The molecule has 1 aromatic heterocycles. The first-order valence-electron chi connectivity index (χ1n) is 39.5. The van der Waals surface area contributed by atoms with Gasteiger partial charge in [-0.25, -0.2) is 29.6 Å². The van der Waals surface area contributed by atoms with Gasteiger partial charge in [0.05, 0.1) is 25.3 Å².